The van der Waals surface area contributed by atoms with Gasteiger partial charge in [-0.25, -0.2) is 8.42 Å². The van der Waals surface area contributed by atoms with Gasteiger partial charge in [0.15, 0.2) is 0 Å². The molecule has 5 nitrogen and oxygen atoms in total. The number of hydrogen-bond acceptors (Lipinski definition) is 3. The Morgan fingerprint density at radius 3 is 2.21 bits per heavy atom. The number of halogens is 1. The number of nitrogens with zero attached hydrogens (tertiary/aromatic N) is 1. The lowest BCUT2D eigenvalue weighted by molar-refractivity contribution is -0.120. The zero-order chi connectivity index (χ0) is 24.2. The summed E-state index contributed by atoms with van der Waals surface area (Å²) < 4.78 is 28.3. The van der Waals surface area contributed by atoms with E-state index in [2.05, 4.69) is 12.2 Å². The first-order valence-corrected chi connectivity index (χ1v) is 12.7. The molecule has 0 bridgehead atoms. The molecule has 3 rings (SSSR count). The van der Waals surface area contributed by atoms with Gasteiger partial charge in [0.2, 0.25) is 5.91 Å². The Hall–Kier alpha value is -2.83. The van der Waals surface area contributed by atoms with E-state index in [1.165, 1.54) is 5.56 Å². The SMILES string of the molecule is CCc1ccc([C@@H](C)NC(=O)CN(c2ccc(Cl)cc2C)S(=O)(=O)c2ccc(C)cc2)cc1. The third kappa shape index (κ3) is 5.95. The van der Waals surface area contributed by atoms with Gasteiger partial charge in [0.05, 0.1) is 16.6 Å². The predicted octanol–water partition coefficient (Wildman–Crippen LogP) is 5.59. The molecule has 33 heavy (non-hydrogen) atoms. The molecule has 0 aliphatic heterocycles. The number of sulfonamides is 1. The standard InChI is InChI=1S/C26H29ClN2O3S/c1-5-21-8-10-22(11-9-21)20(4)28-26(30)17-29(25-15-12-23(27)16-19(25)3)33(31,32)24-13-6-18(2)7-14-24/h6-16,20H,5,17H2,1-4H3,(H,28,30)/t20-/m1/s1. The Labute approximate surface area is 201 Å². The molecule has 0 fully saturated rings. The van der Waals surface area contributed by atoms with Crippen molar-refractivity contribution in [3.63, 3.8) is 0 Å². The van der Waals surface area contributed by atoms with Crippen LogP contribution in [-0.4, -0.2) is 20.9 Å². The van der Waals surface area contributed by atoms with Gasteiger partial charge >= 0.3 is 0 Å². The number of anilines is 1. The summed E-state index contributed by atoms with van der Waals surface area (Å²) in [5.41, 5.74) is 4.19. The van der Waals surface area contributed by atoms with Crippen LogP contribution in [0.3, 0.4) is 0 Å². The predicted molar refractivity (Wildman–Crippen MR) is 134 cm³/mol. The molecule has 1 atom stereocenters. The van der Waals surface area contributed by atoms with E-state index in [1.807, 2.05) is 38.1 Å². The van der Waals surface area contributed by atoms with Crippen LogP contribution in [0.25, 0.3) is 0 Å². The summed E-state index contributed by atoms with van der Waals surface area (Å²) in [4.78, 5) is 13.1. The van der Waals surface area contributed by atoms with Crippen LogP contribution in [0.1, 0.15) is 42.1 Å². The molecule has 0 unspecified atom stereocenters. The second-order valence-corrected chi connectivity index (χ2v) is 10.4. The molecule has 0 aliphatic rings. The minimum atomic E-state index is -3.98. The average molecular weight is 485 g/mol. The van der Waals surface area contributed by atoms with Crippen LogP contribution in [0.2, 0.25) is 5.02 Å². The van der Waals surface area contributed by atoms with E-state index in [4.69, 9.17) is 11.6 Å². The number of rotatable bonds is 8. The summed E-state index contributed by atoms with van der Waals surface area (Å²) >= 11 is 6.09. The summed E-state index contributed by atoms with van der Waals surface area (Å²) in [5, 5.41) is 3.42. The third-order valence-electron chi connectivity index (χ3n) is 5.59. The van der Waals surface area contributed by atoms with Crippen LogP contribution in [0.15, 0.2) is 71.6 Å². The van der Waals surface area contributed by atoms with Gasteiger partial charge < -0.3 is 5.32 Å². The van der Waals surface area contributed by atoms with Gasteiger partial charge in [0.1, 0.15) is 6.54 Å². The smallest absolute Gasteiger partial charge is 0.264 e. The Morgan fingerprint density at radius 1 is 1.00 bits per heavy atom. The number of amides is 1. The zero-order valence-corrected chi connectivity index (χ0v) is 20.9. The van der Waals surface area contributed by atoms with Crippen molar-refractivity contribution in [1.82, 2.24) is 5.32 Å². The van der Waals surface area contributed by atoms with Crippen molar-refractivity contribution in [2.24, 2.45) is 0 Å². The molecule has 0 aromatic heterocycles. The van der Waals surface area contributed by atoms with Gasteiger partial charge in [-0.1, -0.05) is 60.5 Å². The lowest BCUT2D eigenvalue weighted by Crippen LogP contribution is -2.41. The number of benzene rings is 3. The molecule has 0 heterocycles. The fourth-order valence-electron chi connectivity index (χ4n) is 3.58. The third-order valence-corrected chi connectivity index (χ3v) is 7.60. The van der Waals surface area contributed by atoms with Crippen molar-refractivity contribution in [3.8, 4) is 0 Å². The number of carbonyl (C=O) groups is 1. The van der Waals surface area contributed by atoms with E-state index < -0.39 is 15.9 Å². The number of carbonyl (C=O) groups excluding carboxylic acids is 1. The molecule has 3 aromatic carbocycles. The van der Waals surface area contributed by atoms with Crippen molar-refractivity contribution < 1.29 is 13.2 Å². The summed E-state index contributed by atoms with van der Waals surface area (Å²) in [7, 11) is -3.98. The Balaban J connectivity index is 1.90. The number of nitrogens with one attached hydrogen (secondary N) is 1. The monoisotopic (exact) mass is 484 g/mol. The highest BCUT2D eigenvalue weighted by Gasteiger charge is 2.28. The van der Waals surface area contributed by atoms with Crippen molar-refractivity contribution in [1.29, 1.82) is 0 Å². The lowest BCUT2D eigenvalue weighted by atomic mass is 10.1. The van der Waals surface area contributed by atoms with E-state index >= 15 is 0 Å². The molecule has 0 saturated heterocycles. The molecular weight excluding hydrogens is 456 g/mol. The van der Waals surface area contributed by atoms with Gasteiger partial charge in [-0.2, -0.15) is 0 Å². The Bertz CT molecular complexity index is 1220. The minimum absolute atomic E-state index is 0.124. The Kier molecular flexibility index (Phi) is 7.82. The van der Waals surface area contributed by atoms with Crippen LogP contribution in [0.4, 0.5) is 5.69 Å². The maximum atomic E-state index is 13.6. The van der Waals surface area contributed by atoms with E-state index in [-0.39, 0.29) is 17.5 Å². The van der Waals surface area contributed by atoms with Crippen molar-refractivity contribution in [3.05, 3.63) is 94.0 Å². The van der Waals surface area contributed by atoms with Gasteiger partial charge in [-0.3, -0.25) is 9.10 Å². The van der Waals surface area contributed by atoms with Crippen LogP contribution < -0.4 is 9.62 Å². The van der Waals surface area contributed by atoms with E-state index in [9.17, 15) is 13.2 Å². The average Bonchev–Trinajstić information content (AvgIpc) is 2.78. The van der Waals surface area contributed by atoms with E-state index in [0.29, 0.717) is 16.3 Å². The fraction of sp³-hybridized carbons (Fsp3) is 0.269. The van der Waals surface area contributed by atoms with Gasteiger partial charge in [0, 0.05) is 5.02 Å². The maximum Gasteiger partial charge on any atom is 0.264 e. The summed E-state index contributed by atoms with van der Waals surface area (Å²) in [6.07, 6.45) is 0.938. The molecule has 1 N–H and O–H groups in total. The van der Waals surface area contributed by atoms with E-state index in [0.717, 1.165) is 21.9 Å². The van der Waals surface area contributed by atoms with Gasteiger partial charge in [-0.05, 0) is 74.2 Å². The van der Waals surface area contributed by atoms with E-state index in [1.54, 1.807) is 49.4 Å². The van der Waals surface area contributed by atoms with Gasteiger partial charge in [-0.15, -0.1) is 0 Å². The highest BCUT2D eigenvalue weighted by atomic mass is 35.5. The first kappa shape index (κ1) is 24.8. The number of aryl methyl sites for hydroxylation is 3. The largest absolute Gasteiger partial charge is 0.348 e. The maximum absolute atomic E-state index is 13.6. The van der Waals surface area contributed by atoms with Crippen LogP contribution in [0, 0.1) is 13.8 Å². The highest BCUT2D eigenvalue weighted by molar-refractivity contribution is 7.92. The zero-order valence-electron chi connectivity index (χ0n) is 19.3. The molecule has 0 spiro atoms. The topological polar surface area (TPSA) is 66.5 Å². The molecule has 7 heteroatoms. The highest BCUT2D eigenvalue weighted by Crippen LogP contribution is 2.29. The summed E-state index contributed by atoms with van der Waals surface area (Å²) in [6.45, 7) is 7.28. The van der Waals surface area contributed by atoms with Crippen molar-refractivity contribution >= 4 is 33.2 Å². The quantitative estimate of drug-likeness (QED) is 0.453. The second kappa shape index (κ2) is 10.4. The van der Waals surface area contributed by atoms with Crippen molar-refractivity contribution in [2.75, 3.05) is 10.8 Å². The van der Waals surface area contributed by atoms with Crippen LogP contribution >= 0.6 is 11.6 Å². The second-order valence-electron chi connectivity index (χ2n) is 8.14. The van der Waals surface area contributed by atoms with Gasteiger partial charge in [0.25, 0.3) is 10.0 Å². The molecule has 3 aromatic rings. The fourth-order valence-corrected chi connectivity index (χ4v) is 5.29. The summed E-state index contributed by atoms with van der Waals surface area (Å²) in [5.74, 6) is -0.396. The molecule has 1 amide bonds. The number of hydrogen-bond donors (Lipinski definition) is 1. The van der Waals surface area contributed by atoms with Crippen molar-refractivity contribution in [2.45, 2.75) is 45.1 Å². The molecular formula is C26H29ClN2O3S. The normalized spacial score (nSPS) is 12.3. The first-order valence-electron chi connectivity index (χ1n) is 10.9. The first-order chi connectivity index (χ1) is 15.6. The molecule has 0 aliphatic carbocycles. The van der Waals surface area contributed by atoms with Crippen LogP contribution in [-0.2, 0) is 21.2 Å². The molecule has 0 radical (unpaired) electrons. The Morgan fingerprint density at radius 2 is 1.64 bits per heavy atom. The molecule has 0 saturated carbocycles. The summed E-state index contributed by atoms with van der Waals surface area (Å²) in [6, 6.07) is 19.3. The lowest BCUT2D eigenvalue weighted by Gasteiger charge is -2.26. The van der Waals surface area contributed by atoms with Crippen LogP contribution in [0.5, 0.6) is 0 Å². The minimum Gasteiger partial charge on any atom is -0.348 e. The molecule has 174 valence electrons.